The molecule has 1 aromatic carbocycles. The Morgan fingerprint density at radius 3 is 2.71 bits per heavy atom. The zero-order valence-corrected chi connectivity index (χ0v) is 20.1. The monoisotopic (exact) mass is 469 g/mol. The second kappa shape index (κ2) is 8.28. The van der Waals surface area contributed by atoms with Crippen LogP contribution in [0.4, 0.5) is 11.5 Å². The zero-order chi connectivity index (χ0) is 23.5. The summed E-state index contributed by atoms with van der Waals surface area (Å²) in [5.74, 6) is 2.84. The van der Waals surface area contributed by atoms with E-state index in [0.29, 0.717) is 29.8 Å². The van der Waals surface area contributed by atoms with Gasteiger partial charge in [0.15, 0.2) is 5.82 Å². The Morgan fingerprint density at radius 2 is 1.97 bits per heavy atom. The normalized spacial score (nSPS) is 31.8. The molecule has 8 heteroatoms. The van der Waals surface area contributed by atoms with Crippen LogP contribution in [0.1, 0.15) is 32.1 Å². The van der Waals surface area contributed by atoms with Gasteiger partial charge in [-0.05, 0) is 62.1 Å². The van der Waals surface area contributed by atoms with E-state index in [2.05, 4.69) is 36.4 Å². The highest BCUT2D eigenvalue weighted by Crippen LogP contribution is 2.43. The molecule has 3 aliphatic heterocycles. The molecule has 3 aromatic rings. The van der Waals surface area contributed by atoms with E-state index in [-0.39, 0.29) is 0 Å². The van der Waals surface area contributed by atoms with Crippen LogP contribution in [0, 0.1) is 24.3 Å². The van der Waals surface area contributed by atoms with Crippen LogP contribution in [0.25, 0.3) is 27.0 Å². The van der Waals surface area contributed by atoms with E-state index in [9.17, 15) is 0 Å². The highest BCUT2D eigenvalue weighted by atomic mass is 16.5. The third-order valence-corrected chi connectivity index (χ3v) is 8.70. The van der Waals surface area contributed by atoms with E-state index in [0.717, 1.165) is 52.8 Å². The molecule has 35 heavy (non-hydrogen) atoms. The summed E-state index contributed by atoms with van der Waals surface area (Å²) in [6.45, 7) is 11.4. The Hall–Kier alpha value is -3.02. The maximum Gasteiger partial charge on any atom is 0.232 e. The second-order valence-corrected chi connectivity index (χ2v) is 11.1. The molecule has 2 bridgehead atoms. The molecule has 1 saturated carbocycles. The number of aromatic nitrogens is 4. The van der Waals surface area contributed by atoms with Gasteiger partial charge in [0.25, 0.3) is 0 Å². The van der Waals surface area contributed by atoms with E-state index in [1.54, 1.807) is 4.68 Å². The summed E-state index contributed by atoms with van der Waals surface area (Å²) >= 11 is 0. The number of nitrogens with zero attached hydrogens (tertiary/aromatic N) is 6. The van der Waals surface area contributed by atoms with Crippen LogP contribution in [-0.2, 0) is 11.8 Å². The molecule has 7 rings (SSSR count). The van der Waals surface area contributed by atoms with Crippen molar-refractivity contribution in [3.05, 3.63) is 41.9 Å². The first-order chi connectivity index (χ1) is 17.1. The molecule has 4 fully saturated rings. The van der Waals surface area contributed by atoms with Crippen molar-refractivity contribution in [2.24, 2.45) is 24.8 Å². The van der Waals surface area contributed by atoms with Gasteiger partial charge in [0, 0.05) is 55.8 Å². The van der Waals surface area contributed by atoms with E-state index < -0.39 is 0 Å². The average molecular weight is 470 g/mol. The third kappa shape index (κ3) is 3.87. The molecule has 3 saturated heterocycles. The van der Waals surface area contributed by atoms with Crippen LogP contribution in [0.15, 0.2) is 30.5 Å². The Morgan fingerprint density at radius 1 is 1.11 bits per heavy atom. The average Bonchev–Trinajstić information content (AvgIpc) is 3.65. The first-order valence-electron chi connectivity index (χ1n) is 12.9. The summed E-state index contributed by atoms with van der Waals surface area (Å²) in [6, 6.07) is 8.26. The van der Waals surface area contributed by atoms with Gasteiger partial charge in [-0.2, -0.15) is 10.2 Å². The van der Waals surface area contributed by atoms with Crippen LogP contribution in [0.5, 0.6) is 0 Å². The molecule has 0 spiro atoms. The molecule has 180 valence electrons. The van der Waals surface area contributed by atoms with Gasteiger partial charge in [-0.25, -0.2) is 4.85 Å². The molecular formula is C27H31N7O. The van der Waals surface area contributed by atoms with Gasteiger partial charge in [-0.15, -0.1) is 5.10 Å². The number of benzene rings is 1. The number of hydrogen-bond acceptors (Lipinski definition) is 6. The van der Waals surface area contributed by atoms with Crippen molar-refractivity contribution >= 4 is 22.4 Å². The number of rotatable bonds is 5. The van der Waals surface area contributed by atoms with Crippen molar-refractivity contribution in [1.29, 1.82) is 0 Å². The molecule has 0 amide bonds. The fraction of sp³-hybridized carbons (Fsp3) is 0.556. The van der Waals surface area contributed by atoms with Crippen LogP contribution in [0.2, 0.25) is 0 Å². The van der Waals surface area contributed by atoms with Crippen molar-refractivity contribution in [2.45, 2.75) is 50.4 Å². The van der Waals surface area contributed by atoms with E-state index in [4.69, 9.17) is 11.3 Å². The molecule has 3 unspecified atom stereocenters. The van der Waals surface area contributed by atoms with Gasteiger partial charge in [0.05, 0.1) is 30.0 Å². The summed E-state index contributed by atoms with van der Waals surface area (Å²) in [6.07, 6.45) is 9.16. The molecule has 1 aliphatic carbocycles. The predicted octanol–water partition coefficient (Wildman–Crippen LogP) is 4.27. The van der Waals surface area contributed by atoms with Gasteiger partial charge < -0.3 is 15.0 Å². The molecule has 0 radical (unpaired) electrons. The van der Waals surface area contributed by atoms with Gasteiger partial charge in [0.2, 0.25) is 5.69 Å². The van der Waals surface area contributed by atoms with Crippen molar-refractivity contribution < 1.29 is 4.74 Å². The Kier molecular flexibility index (Phi) is 5.04. The predicted molar refractivity (Wildman–Crippen MR) is 134 cm³/mol. The minimum atomic E-state index is 0.366. The fourth-order valence-electron chi connectivity index (χ4n) is 7.14. The minimum absolute atomic E-state index is 0.366. The number of likely N-dealkylation sites (tertiary alicyclic amines) is 1. The lowest BCUT2D eigenvalue weighted by molar-refractivity contribution is 0.0854. The number of anilines is 1. The molecule has 1 N–H and O–H groups in total. The first-order valence-corrected chi connectivity index (χ1v) is 12.9. The smallest absolute Gasteiger partial charge is 0.232 e. The Bertz CT molecular complexity index is 1300. The molecule has 2 aromatic heterocycles. The van der Waals surface area contributed by atoms with Crippen LogP contribution < -0.4 is 5.32 Å². The quantitative estimate of drug-likeness (QED) is 0.563. The summed E-state index contributed by atoms with van der Waals surface area (Å²) in [5, 5.41) is 18.0. The van der Waals surface area contributed by atoms with Gasteiger partial charge in [0.1, 0.15) is 0 Å². The first kappa shape index (κ1) is 21.3. The standard InChI is InChI=1S/C27H31N7O/c1-28-25-11-24(16-3-5-23-19(7-16)12-33(2)32-23)30-31-27(25)29-21-8-17-13-34(14-18(17)9-21)15-20-10-22-4-6-26(20)35-22/h3,5,7,11-12,17-18,20-22,26H,4,6,8-10,13-15H2,2H3,(H,29,31)/t17-,18+,20-,21?,22?,26?/m1/s1. The third-order valence-electron chi connectivity index (χ3n) is 8.70. The lowest BCUT2D eigenvalue weighted by Gasteiger charge is -2.26. The molecular weight excluding hydrogens is 438 g/mol. The van der Waals surface area contributed by atoms with Gasteiger partial charge in [-0.3, -0.25) is 4.68 Å². The largest absolute Gasteiger partial charge is 0.375 e. The maximum absolute atomic E-state index is 7.73. The molecule has 5 heterocycles. The fourth-order valence-corrected chi connectivity index (χ4v) is 7.14. The molecule has 6 atom stereocenters. The number of ether oxygens (including phenoxy) is 1. The van der Waals surface area contributed by atoms with E-state index in [1.165, 1.54) is 38.9 Å². The molecule has 4 aliphatic rings. The summed E-state index contributed by atoms with van der Waals surface area (Å²) in [5.41, 5.74) is 3.15. The van der Waals surface area contributed by atoms with Crippen LogP contribution >= 0.6 is 0 Å². The van der Waals surface area contributed by atoms with E-state index in [1.807, 2.05) is 31.4 Å². The Balaban J connectivity index is 0.999. The second-order valence-electron chi connectivity index (χ2n) is 11.1. The Labute approximate surface area is 205 Å². The van der Waals surface area contributed by atoms with Crippen molar-refractivity contribution in [1.82, 2.24) is 24.9 Å². The lowest BCUT2D eigenvalue weighted by Crippen LogP contribution is -2.33. The topological polar surface area (TPSA) is 72.5 Å². The van der Waals surface area contributed by atoms with Crippen molar-refractivity contribution in [3.63, 3.8) is 0 Å². The number of fused-ring (bicyclic) bond motifs is 4. The van der Waals surface area contributed by atoms with Crippen LogP contribution in [-0.4, -0.2) is 62.8 Å². The van der Waals surface area contributed by atoms with Gasteiger partial charge in [-0.1, -0.05) is 6.07 Å². The lowest BCUT2D eigenvalue weighted by atomic mass is 9.89. The minimum Gasteiger partial charge on any atom is -0.375 e. The van der Waals surface area contributed by atoms with Crippen molar-refractivity contribution in [2.75, 3.05) is 25.0 Å². The summed E-state index contributed by atoms with van der Waals surface area (Å²) in [7, 11) is 1.92. The highest BCUT2D eigenvalue weighted by Gasteiger charge is 2.45. The van der Waals surface area contributed by atoms with Gasteiger partial charge >= 0.3 is 0 Å². The number of aryl methyl sites for hydroxylation is 1. The maximum atomic E-state index is 7.73. The summed E-state index contributed by atoms with van der Waals surface area (Å²) in [4.78, 5) is 6.47. The highest BCUT2D eigenvalue weighted by molar-refractivity contribution is 5.84. The zero-order valence-electron chi connectivity index (χ0n) is 20.1. The molecule has 8 nitrogen and oxygen atoms in total. The van der Waals surface area contributed by atoms with Crippen LogP contribution in [0.3, 0.4) is 0 Å². The number of hydrogen-bond donors (Lipinski definition) is 1. The number of nitrogens with one attached hydrogen (secondary N) is 1. The van der Waals surface area contributed by atoms with E-state index >= 15 is 0 Å². The SMILES string of the molecule is [C-]#[N+]c1cc(-c2ccc3nn(C)cc3c2)nnc1NC1C[C@@H]2CN(C[C@H]3CC4CCC3O4)C[C@@H]2C1. The van der Waals surface area contributed by atoms with Crippen molar-refractivity contribution in [3.8, 4) is 11.3 Å². The summed E-state index contributed by atoms with van der Waals surface area (Å²) < 4.78 is 7.88.